The number of rotatable bonds is 3. The number of pyridine rings is 1. The number of hydrogen-bond donors (Lipinski definition) is 0. The van der Waals surface area contributed by atoms with Crippen LogP contribution in [0.4, 0.5) is 13.2 Å². The molecule has 17 heavy (non-hydrogen) atoms. The van der Waals surface area contributed by atoms with E-state index in [1.54, 1.807) is 0 Å². The number of carbonyl (C=O) groups excluding carboxylic acids is 1. The van der Waals surface area contributed by atoms with E-state index in [2.05, 4.69) is 14.5 Å². The van der Waals surface area contributed by atoms with E-state index in [0.29, 0.717) is 0 Å². The lowest BCUT2D eigenvalue weighted by Crippen LogP contribution is -2.14. The van der Waals surface area contributed by atoms with Gasteiger partial charge in [-0.05, 0) is 5.56 Å². The zero-order valence-corrected chi connectivity index (χ0v) is 9.17. The first kappa shape index (κ1) is 13.3. The second-order valence-electron chi connectivity index (χ2n) is 3.13. The first-order valence-corrected chi connectivity index (χ1v) is 4.55. The SMILES string of the molecule is COC(=O)Cc1cnc(OC)cc1C(F)(F)F. The van der Waals surface area contributed by atoms with Gasteiger partial charge in [-0.25, -0.2) is 4.98 Å². The van der Waals surface area contributed by atoms with Crippen LogP contribution in [0, 0.1) is 0 Å². The number of hydrogen-bond acceptors (Lipinski definition) is 4. The summed E-state index contributed by atoms with van der Waals surface area (Å²) in [6, 6.07) is 0.748. The molecule has 7 heteroatoms. The zero-order chi connectivity index (χ0) is 13.1. The molecule has 0 radical (unpaired) electrons. The third kappa shape index (κ3) is 3.33. The minimum absolute atomic E-state index is 0.161. The summed E-state index contributed by atoms with van der Waals surface area (Å²) in [7, 11) is 2.31. The Morgan fingerprint density at radius 1 is 1.41 bits per heavy atom. The van der Waals surface area contributed by atoms with E-state index in [4.69, 9.17) is 0 Å². The minimum Gasteiger partial charge on any atom is -0.481 e. The summed E-state index contributed by atoms with van der Waals surface area (Å²) in [5, 5.41) is 0. The van der Waals surface area contributed by atoms with Gasteiger partial charge in [0, 0.05) is 12.3 Å². The van der Waals surface area contributed by atoms with E-state index in [1.165, 1.54) is 7.11 Å². The highest BCUT2D eigenvalue weighted by atomic mass is 19.4. The number of aromatic nitrogens is 1. The summed E-state index contributed by atoms with van der Waals surface area (Å²) < 4.78 is 47.0. The van der Waals surface area contributed by atoms with Gasteiger partial charge in [0.2, 0.25) is 5.88 Å². The Bertz CT molecular complexity index is 418. The first-order valence-electron chi connectivity index (χ1n) is 4.55. The van der Waals surface area contributed by atoms with Gasteiger partial charge in [0.15, 0.2) is 0 Å². The fraction of sp³-hybridized carbons (Fsp3) is 0.400. The van der Waals surface area contributed by atoms with Crippen molar-refractivity contribution >= 4 is 5.97 Å². The average Bonchev–Trinajstić information content (AvgIpc) is 2.28. The van der Waals surface area contributed by atoms with Gasteiger partial charge in [0.25, 0.3) is 0 Å². The fourth-order valence-corrected chi connectivity index (χ4v) is 1.21. The average molecular weight is 249 g/mol. The van der Waals surface area contributed by atoms with Crippen LogP contribution in [-0.2, 0) is 22.1 Å². The molecule has 1 rings (SSSR count). The second-order valence-corrected chi connectivity index (χ2v) is 3.13. The van der Waals surface area contributed by atoms with E-state index >= 15 is 0 Å². The van der Waals surface area contributed by atoms with Crippen molar-refractivity contribution in [2.24, 2.45) is 0 Å². The second kappa shape index (κ2) is 5.03. The van der Waals surface area contributed by atoms with Gasteiger partial charge < -0.3 is 9.47 Å². The molecule has 0 atom stereocenters. The van der Waals surface area contributed by atoms with Gasteiger partial charge in [0.1, 0.15) is 0 Å². The number of halogens is 3. The molecule has 0 spiro atoms. The van der Waals surface area contributed by atoms with Gasteiger partial charge in [0.05, 0.1) is 26.2 Å². The molecule has 0 bridgehead atoms. The van der Waals surface area contributed by atoms with Crippen molar-refractivity contribution in [1.82, 2.24) is 4.98 Å². The molecule has 0 aliphatic carbocycles. The van der Waals surface area contributed by atoms with Crippen molar-refractivity contribution in [1.29, 1.82) is 0 Å². The van der Waals surface area contributed by atoms with Crippen molar-refractivity contribution < 1.29 is 27.4 Å². The van der Waals surface area contributed by atoms with Crippen LogP contribution >= 0.6 is 0 Å². The topological polar surface area (TPSA) is 48.4 Å². The summed E-state index contributed by atoms with van der Waals surface area (Å²) >= 11 is 0. The van der Waals surface area contributed by atoms with Crippen molar-refractivity contribution in [2.75, 3.05) is 14.2 Å². The zero-order valence-electron chi connectivity index (χ0n) is 9.17. The van der Waals surface area contributed by atoms with E-state index in [-0.39, 0.29) is 11.4 Å². The molecule has 0 aromatic carbocycles. The van der Waals surface area contributed by atoms with Crippen LogP contribution in [0.25, 0.3) is 0 Å². The van der Waals surface area contributed by atoms with Crippen molar-refractivity contribution in [2.45, 2.75) is 12.6 Å². The maximum absolute atomic E-state index is 12.7. The van der Waals surface area contributed by atoms with Crippen LogP contribution in [0.1, 0.15) is 11.1 Å². The van der Waals surface area contributed by atoms with Crippen LogP contribution in [0.2, 0.25) is 0 Å². The van der Waals surface area contributed by atoms with Gasteiger partial charge in [-0.2, -0.15) is 13.2 Å². The highest BCUT2D eigenvalue weighted by Gasteiger charge is 2.34. The number of methoxy groups -OCH3 is 2. The van der Waals surface area contributed by atoms with Gasteiger partial charge in [-0.1, -0.05) is 0 Å². The lowest BCUT2D eigenvalue weighted by molar-refractivity contribution is -0.141. The van der Waals surface area contributed by atoms with Gasteiger partial charge in [-0.15, -0.1) is 0 Å². The third-order valence-corrected chi connectivity index (χ3v) is 2.04. The van der Waals surface area contributed by atoms with E-state index in [9.17, 15) is 18.0 Å². The Labute approximate surface area is 95.4 Å². The summed E-state index contributed by atoms with van der Waals surface area (Å²) in [6.07, 6.45) is -4.10. The monoisotopic (exact) mass is 249 g/mol. The molecule has 4 nitrogen and oxygen atoms in total. The van der Waals surface area contributed by atoms with E-state index < -0.39 is 24.1 Å². The van der Waals surface area contributed by atoms with E-state index in [1.807, 2.05) is 0 Å². The molecule has 94 valence electrons. The number of carbonyl (C=O) groups is 1. The van der Waals surface area contributed by atoms with Gasteiger partial charge >= 0.3 is 12.1 Å². The van der Waals surface area contributed by atoms with Gasteiger partial charge in [-0.3, -0.25) is 4.79 Å². The van der Waals surface area contributed by atoms with Crippen LogP contribution in [0.5, 0.6) is 5.88 Å². The molecule has 0 aliphatic rings. The molecule has 0 unspecified atom stereocenters. The molecule has 1 aromatic heterocycles. The third-order valence-electron chi connectivity index (χ3n) is 2.04. The molecular formula is C10H10F3NO3. The smallest absolute Gasteiger partial charge is 0.416 e. The minimum atomic E-state index is -4.57. The Hall–Kier alpha value is -1.79. The molecular weight excluding hydrogens is 239 g/mol. The molecule has 0 saturated carbocycles. The lowest BCUT2D eigenvalue weighted by atomic mass is 10.1. The Balaban J connectivity index is 3.16. The number of esters is 1. The maximum atomic E-state index is 12.7. The Morgan fingerprint density at radius 3 is 2.53 bits per heavy atom. The van der Waals surface area contributed by atoms with Crippen molar-refractivity contribution in [3.63, 3.8) is 0 Å². The standard InChI is InChI=1S/C10H10F3NO3/c1-16-8-4-7(10(11,12)13)6(5-14-8)3-9(15)17-2/h4-5H,3H2,1-2H3. The molecule has 0 saturated heterocycles. The maximum Gasteiger partial charge on any atom is 0.416 e. The van der Waals surface area contributed by atoms with Crippen molar-refractivity contribution in [3.8, 4) is 5.88 Å². The lowest BCUT2D eigenvalue weighted by Gasteiger charge is -2.12. The molecule has 1 aromatic rings. The number of ether oxygens (including phenoxy) is 2. The molecule has 0 aliphatic heterocycles. The Morgan fingerprint density at radius 2 is 2.06 bits per heavy atom. The first-order chi connectivity index (χ1) is 7.88. The summed E-state index contributed by atoms with van der Waals surface area (Å²) in [5.41, 5.74) is -1.19. The summed E-state index contributed by atoms with van der Waals surface area (Å²) in [5.74, 6) is -0.923. The largest absolute Gasteiger partial charge is 0.481 e. The summed E-state index contributed by atoms with van der Waals surface area (Å²) in [4.78, 5) is 14.6. The van der Waals surface area contributed by atoms with E-state index in [0.717, 1.165) is 19.4 Å². The fourth-order valence-electron chi connectivity index (χ4n) is 1.21. The molecule has 1 heterocycles. The molecule has 0 fully saturated rings. The number of nitrogens with zero attached hydrogens (tertiary/aromatic N) is 1. The van der Waals surface area contributed by atoms with Crippen LogP contribution in [0.3, 0.4) is 0 Å². The highest BCUT2D eigenvalue weighted by molar-refractivity contribution is 5.72. The predicted molar refractivity (Wildman–Crippen MR) is 51.5 cm³/mol. The molecule has 0 amide bonds. The molecule has 0 N–H and O–H groups in total. The quantitative estimate of drug-likeness (QED) is 0.767. The highest BCUT2D eigenvalue weighted by Crippen LogP contribution is 2.33. The normalized spacial score (nSPS) is 11.1. The van der Waals surface area contributed by atoms with Crippen LogP contribution in [-0.4, -0.2) is 25.2 Å². The number of alkyl halides is 3. The van der Waals surface area contributed by atoms with Crippen LogP contribution in [0.15, 0.2) is 12.3 Å². The predicted octanol–water partition coefficient (Wildman–Crippen LogP) is 1.82. The summed E-state index contributed by atoms with van der Waals surface area (Å²) in [6.45, 7) is 0. The Kier molecular flexibility index (Phi) is 3.93. The van der Waals surface area contributed by atoms with Crippen LogP contribution < -0.4 is 4.74 Å². The van der Waals surface area contributed by atoms with Crippen molar-refractivity contribution in [3.05, 3.63) is 23.4 Å².